The van der Waals surface area contributed by atoms with Gasteiger partial charge in [0.2, 0.25) is 0 Å². The van der Waals surface area contributed by atoms with E-state index >= 15 is 0 Å². The molecule has 0 N–H and O–H groups in total. The average Bonchev–Trinajstić information content (AvgIpc) is 2.05. The molecule has 0 aliphatic carbocycles. The van der Waals surface area contributed by atoms with Crippen LogP contribution in [0, 0.1) is 0 Å². The maximum Gasteiger partial charge on any atom is 0.134 e. The van der Waals surface area contributed by atoms with E-state index in [4.69, 9.17) is 0 Å². The third-order valence-corrected chi connectivity index (χ3v) is 1.39. The molecule has 0 radical (unpaired) electrons. The lowest BCUT2D eigenvalue weighted by molar-refractivity contribution is 0.800. The van der Waals surface area contributed by atoms with Crippen LogP contribution < -0.4 is 0 Å². The van der Waals surface area contributed by atoms with Crippen molar-refractivity contribution in [2.45, 2.75) is 0 Å². The first kappa shape index (κ1) is 5.41. The Balaban J connectivity index is 2.33. The molecule has 0 amide bonds. The number of aliphatic imine (C=N–C) groups is 2. The van der Waals surface area contributed by atoms with Gasteiger partial charge in [-0.3, -0.25) is 9.89 Å². The third-order valence-electron chi connectivity index (χ3n) is 1.39. The minimum absolute atomic E-state index is 0.560. The Kier molecular flexibility index (Phi) is 1.13. The van der Waals surface area contributed by atoms with E-state index in [1.165, 1.54) is 0 Å². The van der Waals surface area contributed by atoms with Gasteiger partial charge in [-0.15, -0.1) is 0 Å². The topological polar surface area (TPSA) is 28.0 Å². The van der Waals surface area contributed by atoms with Crippen LogP contribution in [0.5, 0.6) is 0 Å². The Morgan fingerprint density at radius 1 is 1.40 bits per heavy atom. The lowest BCUT2D eigenvalue weighted by atomic mass is 10.3. The van der Waals surface area contributed by atoms with Crippen molar-refractivity contribution in [1.29, 1.82) is 0 Å². The second-order valence-electron chi connectivity index (χ2n) is 2.06. The summed E-state index contributed by atoms with van der Waals surface area (Å²) < 4.78 is 0. The first-order valence-electron chi connectivity index (χ1n) is 3.14. The van der Waals surface area contributed by atoms with Crippen LogP contribution in [0.4, 0.5) is 0 Å². The maximum absolute atomic E-state index is 4.16. The summed E-state index contributed by atoms with van der Waals surface area (Å²) in [4.78, 5) is 10.0. The second kappa shape index (κ2) is 2.10. The molecule has 2 rings (SSSR count). The Labute approximate surface area is 59.1 Å². The zero-order valence-electron chi connectivity index (χ0n) is 5.44. The zero-order chi connectivity index (χ0) is 6.81. The first-order valence-corrected chi connectivity index (χ1v) is 3.14. The fourth-order valence-corrected chi connectivity index (χ4v) is 0.916. The quantitative estimate of drug-likeness (QED) is 0.479. The van der Waals surface area contributed by atoms with Crippen LogP contribution in [0.3, 0.4) is 0 Å². The Bertz CT molecular complexity index is 248. The molecule has 0 bridgehead atoms. The van der Waals surface area contributed by atoms with Crippen LogP contribution in [0.25, 0.3) is 0 Å². The zero-order valence-corrected chi connectivity index (χ0v) is 5.44. The predicted octanol–water partition coefficient (Wildman–Crippen LogP) is 0.770. The molecule has 0 spiro atoms. The number of allylic oxidation sites excluding steroid dienone is 2. The average molecular weight is 133 g/mol. The number of rotatable bonds is 0. The number of hydrogen-bond acceptors (Lipinski definition) is 3. The molecule has 2 heterocycles. The largest absolute Gasteiger partial charge is 0.293 e. The third kappa shape index (κ3) is 0.757. The van der Waals surface area contributed by atoms with E-state index < -0.39 is 0 Å². The van der Waals surface area contributed by atoms with Crippen LogP contribution in [-0.4, -0.2) is 23.7 Å². The van der Waals surface area contributed by atoms with E-state index in [0.29, 0.717) is 6.67 Å². The van der Waals surface area contributed by atoms with E-state index in [1.54, 1.807) is 6.34 Å². The molecule has 0 atom stereocenters. The number of hydrogen-bond donors (Lipinski definition) is 0. The summed E-state index contributed by atoms with van der Waals surface area (Å²) in [6, 6.07) is 0. The molecule has 3 heteroatoms. The maximum atomic E-state index is 4.16. The van der Waals surface area contributed by atoms with E-state index in [9.17, 15) is 0 Å². The first-order chi connectivity index (χ1) is 4.97. The molecule has 3 nitrogen and oxygen atoms in total. The molecule has 0 aromatic heterocycles. The van der Waals surface area contributed by atoms with Crippen LogP contribution >= 0.6 is 0 Å². The fourth-order valence-electron chi connectivity index (χ4n) is 0.916. The molecule has 2 aliphatic rings. The van der Waals surface area contributed by atoms with Gasteiger partial charge in [0.25, 0.3) is 0 Å². The number of nitrogens with zero attached hydrogens (tertiary/aromatic N) is 3. The molecule has 50 valence electrons. The minimum atomic E-state index is 0.560. The number of fused-ring (bicyclic) bond motifs is 1. The summed E-state index contributed by atoms with van der Waals surface area (Å²) >= 11 is 0. The highest BCUT2D eigenvalue weighted by Gasteiger charge is 2.06. The molecule has 10 heavy (non-hydrogen) atoms. The standard InChI is InChI=1S/C7H7N3/c1-2-4-10-6-8-5-9-7(10)3-1/h1-4,6H,5H2. The van der Waals surface area contributed by atoms with Crippen LogP contribution in [0.1, 0.15) is 0 Å². The van der Waals surface area contributed by atoms with Gasteiger partial charge in [-0.2, -0.15) is 0 Å². The summed E-state index contributed by atoms with van der Waals surface area (Å²) in [6.45, 7) is 0.560. The Hall–Kier alpha value is -1.38. The molecule has 0 saturated carbocycles. The number of amidine groups is 1. The van der Waals surface area contributed by atoms with Gasteiger partial charge >= 0.3 is 0 Å². The van der Waals surface area contributed by atoms with Crippen molar-refractivity contribution in [3.63, 3.8) is 0 Å². The summed E-state index contributed by atoms with van der Waals surface area (Å²) in [6.07, 6.45) is 9.60. The Morgan fingerprint density at radius 2 is 2.40 bits per heavy atom. The van der Waals surface area contributed by atoms with E-state index in [0.717, 1.165) is 5.84 Å². The van der Waals surface area contributed by atoms with Crippen molar-refractivity contribution in [2.75, 3.05) is 6.67 Å². The van der Waals surface area contributed by atoms with E-state index in [-0.39, 0.29) is 0 Å². The van der Waals surface area contributed by atoms with Gasteiger partial charge in [-0.25, -0.2) is 4.99 Å². The van der Waals surface area contributed by atoms with Gasteiger partial charge in [-0.05, 0) is 12.2 Å². The summed E-state index contributed by atoms with van der Waals surface area (Å²) in [5.74, 6) is 0.970. The van der Waals surface area contributed by atoms with Crippen molar-refractivity contribution in [1.82, 2.24) is 4.90 Å². The Morgan fingerprint density at radius 3 is 3.30 bits per heavy atom. The molecule has 0 aromatic carbocycles. The van der Waals surface area contributed by atoms with Gasteiger partial charge in [0.05, 0.1) is 6.34 Å². The summed E-state index contributed by atoms with van der Waals surface area (Å²) in [5, 5.41) is 0. The SMILES string of the molecule is C1=CC2=NCN=CN2C=C1. The lowest BCUT2D eigenvalue weighted by Crippen LogP contribution is -2.26. The smallest absolute Gasteiger partial charge is 0.134 e. The monoisotopic (exact) mass is 133 g/mol. The highest BCUT2D eigenvalue weighted by atomic mass is 15.2. The van der Waals surface area contributed by atoms with E-state index in [2.05, 4.69) is 9.98 Å². The van der Waals surface area contributed by atoms with Gasteiger partial charge in [-0.1, -0.05) is 6.08 Å². The van der Waals surface area contributed by atoms with E-state index in [1.807, 2.05) is 29.3 Å². The van der Waals surface area contributed by atoms with Crippen LogP contribution in [-0.2, 0) is 0 Å². The van der Waals surface area contributed by atoms with Gasteiger partial charge in [0, 0.05) is 6.20 Å². The second-order valence-corrected chi connectivity index (χ2v) is 2.06. The minimum Gasteiger partial charge on any atom is -0.293 e. The molecule has 0 saturated heterocycles. The van der Waals surface area contributed by atoms with Crippen molar-refractivity contribution < 1.29 is 0 Å². The van der Waals surface area contributed by atoms with Gasteiger partial charge < -0.3 is 0 Å². The van der Waals surface area contributed by atoms with Crippen molar-refractivity contribution >= 4 is 12.2 Å². The molecular weight excluding hydrogens is 126 g/mol. The molecule has 2 aliphatic heterocycles. The van der Waals surface area contributed by atoms with Crippen molar-refractivity contribution in [3.8, 4) is 0 Å². The van der Waals surface area contributed by atoms with Crippen LogP contribution in [0.2, 0.25) is 0 Å². The molecular formula is C7H7N3. The molecule has 0 fully saturated rings. The highest BCUT2D eigenvalue weighted by Crippen LogP contribution is 2.03. The summed E-state index contributed by atoms with van der Waals surface area (Å²) in [5.41, 5.74) is 0. The van der Waals surface area contributed by atoms with Crippen LogP contribution in [0.15, 0.2) is 34.4 Å². The van der Waals surface area contributed by atoms with Gasteiger partial charge in [0.15, 0.2) is 0 Å². The van der Waals surface area contributed by atoms with Crippen molar-refractivity contribution in [3.05, 3.63) is 24.4 Å². The molecule has 0 aromatic rings. The highest BCUT2D eigenvalue weighted by molar-refractivity contribution is 6.02. The summed E-state index contributed by atoms with van der Waals surface area (Å²) in [7, 11) is 0. The molecule has 0 unspecified atom stereocenters. The van der Waals surface area contributed by atoms with Crippen molar-refractivity contribution in [2.24, 2.45) is 9.98 Å². The fraction of sp³-hybridized carbons (Fsp3) is 0.143. The normalized spacial score (nSPS) is 20.8. The van der Waals surface area contributed by atoms with Gasteiger partial charge in [0.1, 0.15) is 12.5 Å². The predicted molar refractivity (Wildman–Crippen MR) is 40.9 cm³/mol. The lowest BCUT2D eigenvalue weighted by Gasteiger charge is -2.19.